The van der Waals surface area contributed by atoms with Gasteiger partial charge in [0.25, 0.3) is 0 Å². The number of para-hydroxylation sites is 1. The second-order valence-electron chi connectivity index (χ2n) is 4.31. The van der Waals surface area contributed by atoms with E-state index in [4.69, 9.17) is 5.73 Å². The van der Waals surface area contributed by atoms with Crippen LogP contribution < -0.4 is 10.6 Å². The van der Waals surface area contributed by atoms with Gasteiger partial charge in [-0.05, 0) is 12.1 Å². The molecule has 5 nitrogen and oxygen atoms in total. The summed E-state index contributed by atoms with van der Waals surface area (Å²) in [5.41, 5.74) is 7.77. The molecule has 5 heteroatoms. The first-order valence-electron chi connectivity index (χ1n) is 6.11. The summed E-state index contributed by atoms with van der Waals surface area (Å²) in [5.74, 6) is 1.48. The van der Waals surface area contributed by atoms with Crippen LogP contribution in [-0.2, 0) is 6.54 Å². The highest BCUT2D eigenvalue weighted by molar-refractivity contribution is 5.94. The van der Waals surface area contributed by atoms with Gasteiger partial charge in [-0.3, -0.25) is 0 Å². The molecule has 0 saturated heterocycles. The molecule has 0 saturated carbocycles. The number of aromatic nitrogens is 3. The van der Waals surface area contributed by atoms with Gasteiger partial charge in [0.05, 0.1) is 12.2 Å². The van der Waals surface area contributed by atoms with Crippen LogP contribution in [0.2, 0.25) is 0 Å². The lowest BCUT2D eigenvalue weighted by atomic mass is 10.2. The number of hydrogen-bond acceptors (Lipinski definition) is 4. The predicted octanol–water partition coefficient (Wildman–Crippen LogP) is 2.18. The van der Waals surface area contributed by atoms with Gasteiger partial charge < -0.3 is 15.6 Å². The highest BCUT2D eigenvalue weighted by atomic mass is 15.2. The van der Waals surface area contributed by atoms with E-state index in [1.54, 1.807) is 6.20 Å². The zero-order valence-corrected chi connectivity index (χ0v) is 10.7. The number of hydrogen-bond donors (Lipinski definition) is 2. The summed E-state index contributed by atoms with van der Waals surface area (Å²) in [6.45, 7) is 0.343. The lowest BCUT2D eigenvalue weighted by Gasteiger charge is -2.17. The van der Waals surface area contributed by atoms with E-state index in [9.17, 15) is 0 Å². The maximum Gasteiger partial charge on any atom is 0.144 e. The number of aromatic amines is 1. The summed E-state index contributed by atoms with van der Waals surface area (Å²) in [4.78, 5) is 13.8. The van der Waals surface area contributed by atoms with Gasteiger partial charge in [0.15, 0.2) is 0 Å². The third-order valence-electron chi connectivity index (χ3n) is 3.15. The Balaban J connectivity index is 2.05. The Kier molecular flexibility index (Phi) is 2.89. The highest BCUT2D eigenvalue weighted by Crippen LogP contribution is 2.29. The smallest absolute Gasteiger partial charge is 0.144 e. The maximum atomic E-state index is 5.58. The number of nitrogens with two attached hydrogens (primary N) is 1. The van der Waals surface area contributed by atoms with Crippen LogP contribution in [0.5, 0.6) is 0 Å². The zero-order chi connectivity index (χ0) is 13.2. The molecule has 0 bridgehead atoms. The topological polar surface area (TPSA) is 70.8 Å². The molecule has 0 atom stereocenters. The van der Waals surface area contributed by atoms with Gasteiger partial charge in [-0.1, -0.05) is 18.2 Å². The zero-order valence-electron chi connectivity index (χ0n) is 10.7. The monoisotopic (exact) mass is 253 g/mol. The second-order valence-corrected chi connectivity index (χ2v) is 4.31. The van der Waals surface area contributed by atoms with E-state index in [0.717, 1.165) is 22.4 Å². The first-order valence-corrected chi connectivity index (χ1v) is 6.11. The molecule has 19 heavy (non-hydrogen) atoms. The van der Waals surface area contributed by atoms with E-state index in [2.05, 4.69) is 27.1 Å². The van der Waals surface area contributed by atoms with Crippen LogP contribution in [0.3, 0.4) is 0 Å². The summed E-state index contributed by atoms with van der Waals surface area (Å²) in [6, 6.07) is 10.1. The molecule has 0 spiro atoms. The van der Waals surface area contributed by atoms with Gasteiger partial charge in [0.1, 0.15) is 11.6 Å². The molecular weight excluding hydrogens is 238 g/mol. The first kappa shape index (κ1) is 11.7. The van der Waals surface area contributed by atoms with E-state index < -0.39 is 0 Å². The van der Waals surface area contributed by atoms with Crippen molar-refractivity contribution in [3.8, 4) is 0 Å². The number of anilines is 2. The molecule has 96 valence electrons. The molecule has 2 aromatic heterocycles. The van der Waals surface area contributed by atoms with Crippen molar-refractivity contribution >= 4 is 22.4 Å². The van der Waals surface area contributed by atoms with Crippen LogP contribution in [0.4, 0.5) is 11.5 Å². The van der Waals surface area contributed by atoms with Crippen LogP contribution in [0.25, 0.3) is 10.9 Å². The fraction of sp³-hybridized carbons (Fsp3) is 0.143. The Hall–Kier alpha value is -2.40. The van der Waals surface area contributed by atoms with Gasteiger partial charge in [0, 0.05) is 30.3 Å². The van der Waals surface area contributed by atoms with Gasteiger partial charge in [0.2, 0.25) is 0 Å². The Morgan fingerprint density at radius 1 is 1.26 bits per heavy atom. The first-order chi connectivity index (χ1) is 9.29. The fourth-order valence-electron chi connectivity index (χ4n) is 2.13. The molecule has 0 aliphatic heterocycles. The Labute approximate surface area is 111 Å². The summed E-state index contributed by atoms with van der Waals surface area (Å²) >= 11 is 0. The molecule has 3 aromatic rings. The van der Waals surface area contributed by atoms with E-state index in [0.29, 0.717) is 12.4 Å². The maximum absolute atomic E-state index is 5.58. The summed E-state index contributed by atoms with van der Waals surface area (Å²) in [6.07, 6.45) is 3.71. The largest absolute Gasteiger partial charge is 0.359 e. The molecule has 0 aliphatic rings. The molecule has 0 amide bonds. The van der Waals surface area contributed by atoms with Crippen molar-refractivity contribution in [3.63, 3.8) is 0 Å². The molecule has 1 aromatic carbocycles. The summed E-state index contributed by atoms with van der Waals surface area (Å²) in [5, 5.41) is 1.16. The van der Waals surface area contributed by atoms with Crippen LogP contribution in [0, 0.1) is 0 Å². The second kappa shape index (κ2) is 4.70. The molecule has 3 rings (SSSR count). The third-order valence-corrected chi connectivity index (χ3v) is 3.15. The quantitative estimate of drug-likeness (QED) is 0.750. The van der Waals surface area contributed by atoms with Crippen LogP contribution in [0.1, 0.15) is 5.82 Å². The van der Waals surface area contributed by atoms with Gasteiger partial charge in [-0.25, -0.2) is 9.97 Å². The average molecular weight is 253 g/mol. The lowest BCUT2D eigenvalue weighted by molar-refractivity contribution is 0.899. The van der Waals surface area contributed by atoms with E-state index in [-0.39, 0.29) is 0 Å². The molecule has 0 aliphatic carbocycles. The van der Waals surface area contributed by atoms with Crippen LogP contribution in [-0.4, -0.2) is 22.0 Å². The minimum Gasteiger partial charge on any atom is -0.359 e. The van der Waals surface area contributed by atoms with Crippen molar-refractivity contribution in [3.05, 3.63) is 48.5 Å². The van der Waals surface area contributed by atoms with Gasteiger partial charge in [-0.2, -0.15) is 0 Å². The standard InChI is InChI=1S/C14H15N5/c1-19(14-6-7-16-13(8-15)18-14)12-9-17-11-5-3-2-4-10(11)12/h2-7,9,17H,8,15H2,1H3. The number of nitrogens with one attached hydrogen (secondary N) is 1. The van der Waals surface area contributed by atoms with Crippen molar-refractivity contribution in [2.24, 2.45) is 5.73 Å². The number of nitrogens with zero attached hydrogens (tertiary/aromatic N) is 3. The predicted molar refractivity (Wildman–Crippen MR) is 76.3 cm³/mol. The Morgan fingerprint density at radius 2 is 2.11 bits per heavy atom. The minimum atomic E-state index is 0.343. The number of fused-ring (bicyclic) bond motifs is 1. The molecular formula is C14H15N5. The average Bonchev–Trinajstić information content (AvgIpc) is 2.90. The van der Waals surface area contributed by atoms with Crippen molar-refractivity contribution in [2.75, 3.05) is 11.9 Å². The number of rotatable bonds is 3. The van der Waals surface area contributed by atoms with Crippen LogP contribution >= 0.6 is 0 Å². The molecule has 2 heterocycles. The van der Waals surface area contributed by atoms with E-state index in [1.807, 2.05) is 36.3 Å². The molecule has 0 radical (unpaired) electrons. The van der Waals surface area contributed by atoms with Crippen LogP contribution in [0.15, 0.2) is 42.7 Å². The Bertz CT molecular complexity index is 704. The van der Waals surface area contributed by atoms with Gasteiger partial charge in [-0.15, -0.1) is 0 Å². The van der Waals surface area contributed by atoms with Crippen molar-refractivity contribution < 1.29 is 0 Å². The van der Waals surface area contributed by atoms with E-state index >= 15 is 0 Å². The normalized spacial score (nSPS) is 10.8. The SMILES string of the molecule is CN(c1ccnc(CN)n1)c1c[nH]c2ccccc12. The summed E-state index contributed by atoms with van der Waals surface area (Å²) in [7, 11) is 1.98. The summed E-state index contributed by atoms with van der Waals surface area (Å²) < 4.78 is 0. The van der Waals surface area contributed by atoms with Crippen molar-refractivity contribution in [2.45, 2.75) is 6.54 Å². The Morgan fingerprint density at radius 3 is 2.95 bits per heavy atom. The third kappa shape index (κ3) is 2.04. The molecule has 0 fully saturated rings. The molecule has 3 N–H and O–H groups in total. The minimum absolute atomic E-state index is 0.343. The lowest BCUT2D eigenvalue weighted by Crippen LogP contribution is -2.13. The number of H-pyrrole nitrogens is 1. The van der Waals surface area contributed by atoms with E-state index in [1.165, 1.54) is 0 Å². The molecule has 0 unspecified atom stereocenters. The van der Waals surface area contributed by atoms with Gasteiger partial charge >= 0.3 is 0 Å². The van der Waals surface area contributed by atoms with Crippen molar-refractivity contribution in [1.82, 2.24) is 15.0 Å². The number of benzene rings is 1. The van der Waals surface area contributed by atoms with Crippen molar-refractivity contribution in [1.29, 1.82) is 0 Å². The fourth-order valence-corrected chi connectivity index (χ4v) is 2.13. The highest BCUT2D eigenvalue weighted by Gasteiger charge is 2.11.